The van der Waals surface area contributed by atoms with E-state index in [4.69, 9.17) is 0 Å². The van der Waals surface area contributed by atoms with E-state index < -0.39 is 12.1 Å². The zero-order valence-electron chi connectivity index (χ0n) is 7.01. The van der Waals surface area contributed by atoms with Gasteiger partial charge < -0.3 is 9.84 Å². The third-order valence-electron chi connectivity index (χ3n) is 1.42. The van der Waals surface area contributed by atoms with Crippen LogP contribution in [0.15, 0.2) is 24.5 Å². The number of aromatic nitrogens is 1. The molecule has 1 atom stereocenters. The maximum absolute atomic E-state index is 10.8. The average molecular weight is 204 g/mol. The van der Waals surface area contributed by atoms with Crippen molar-refractivity contribution < 1.29 is 14.6 Å². The minimum atomic E-state index is -1.23. The van der Waals surface area contributed by atoms with E-state index in [9.17, 15) is 9.90 Å². The molecule has 1 heterocycles. The summed E-state index contributed by atoms with van der Waals surface area (Å²) < 4.78 is 4.35. The lowest BCUT2D eigenvalue weighted by Gasteiger charge is -2.06. The number of pyridine rings is 1. The number of carbonyl (C=O) groups is 1. The smallest absolute Gasteiger partial charge is 0.339 e. The molecule has 1 rings (SSSR count). The summed E-state index contributed by atoms with van der Waals surface area (Å²) in [4.78, 5) is 14.6. The van der Waals surface area contributed by atoms with E-state index in [1.165, 1.54) is 13.3 Å². The van der Waals surface area contributed by atoms with Crippen molar-refractivity contribution in [2.75, 3.05) is 7.11 Å². The van der Waals surface area contributed by atoms with Crippen LogP contribution in [0.5, 0.6) is 0 Å². The number of ether oxygens (including phenoxy) is 1. The first-order valence-electron chi connectivity index (χ1n) is 3.41. The number of halogens is 1. The minimum Gasteiger partial charge on any atom is -0.467 e. The van der Waals surface area contributed by atoms with Gasteiger partial charge in [-0.3, -0.25) is 4.98 Å². The molecule has 1 aromatic heterocycles. The van der Waals surface area contributed by atoms with Gasteiger partial charge in [0, 0.05) is 18.0 Å². The lowest BCUT2D eigenvalue weighted by molar-refractivity contribution is -0.150. The molecular formula is C8H10ClNO3. The molecule has 4 nitrogen and oxygen atoms in total. The summed E-state index contributed by atoms with van der Waals surface area (Å²) in [5.41, 5.74) is 0.435. The van der Waals surface area contributed by atoms with Crippen LogP contribution in [0.3, 0.4) is 0 Å². The number of carbonyl (C=O) groups excluding carboxylic acids is 1. The van der Waals surface area contributed by atoms with E-state index in [0.29, 0.717) is 5.56 Å². The number of aliphatic hydroxyl groups is 1. The van der Waals surface area contributed by atoms with Gasteiger partial charge in [-0.25, -0.2) is 4.79 Å². The molecule has 0 saturated carbocycles. The van der Waals surface area contributed by atoms with Gasteiger partial charge in [0.25, 0.3) is 0 Å². The fourth-order valence-corrected chi connectivity index (χ4v) is 0.785. The first-order chi connectivity index (χ1) is 5.75. The zero-order chi connectivity index (χ0) is 8.97. The molecule has 0 aliphatic rings. The number of esters is 1. The minimum absolute atomic E-state index is 0. The molecule has 0 saturated heterocycles. The standard InChI is InChI=1S/C8H9NO3.ClH/c1-12-8(11)7(10)6-3-2-4-9-5-6;/h2-5,7,10H,1H3;1H/t7-;/m0./s1. The fraction of sp³-hybridized carbons (Fsp3) is 0.250. The van der Waals surface area contributed by atoms with Crippen LogP contribution in [0.2, 0.25) is 0 Å². The van der Waals surface area contributed by atoms with Gasteiger partial charge in [0.1, 0.15) is 0 Å². The van der Waals surface area contributed by atoms with E-state index in [1.807, 2.05) is 0 Å². The van der Waals surface area contributed by atoms with Crippen LogP contribution in [0.4, 0.5) is 0 Å². The highest BCUT2D eigenvalue weighted by Crippen LogP contribution is 2.11. The van der Waals surface area contributed by atoms with Crippen molar-refractivity contribution in [1.29, 1.82) is 0 Å². The number of hydrogen-bond donors (Lipinski definition) is 1. The Morgan fingerprint density at radius 1 is 1.69 bits per heavy atom. The van der Waals surface area contributed by atoms with Crippen LogP contribution in [0, 0.1) is 0 Å². The van der Waals surface area contributed by atoms with Crippen LogP contribution >= 0.6 is 12.4 Å². The molecule has 0 radical (unpaired) electrons. The Morgan fingerprint density at radius 3 is 2.85 bits per heavy atom. The van der Waals surface area contributed by atoms with Crippen LogP contribution in [0.1, 0.15) is 11.7 Å². The molecule has 0 aromatic carbocycles. The number of hydrogen-bond acceptors (Lipinski definition) is 4. The lowest BCUT2D eigenvalue weighted by Crippen LogP contribution is -2.13. The maximum Gasteiger partial charge on any atom is 0.339 e. The molecule has 72 valence electrons. The third-order valence-corrected chi connectivity index (χ3v) is 1.42. The van der Waals surface area contributed by atoms with Gasteiger partial charge in [0.15, 0.2) is 6.10 Å². The van der Waals surface area contributed by atoms with E-state index in [1.54, 1.807) is 18.3 Å². The second-order valence-corrected chi connectivity index (χ2v) is 2.21. The first kappa shape index (κ1) is 11.9. The molecule has 0 amide bonds. The van der Waals surface area contributed by atoms with Gasteiger partial charge in [0.05, 0.1) is 7.11 Å². The largest absolute Gasteiger partial charge is 0.467 e. The molecule has 13 heavy (non-hydrogen) atoms. The summed E-state index contributed by atoms with van der Waals surface area (Å²) in [6, 6.07) is 3.25. The topological polar surface area (TPSA) is 59.4 Å². The summed E-state index contributed by atoms with van der Waals surface area (Å²) in [6.45, 7) is 0. The summed E-state index contributed by atoms with van der Waals surface area (Å²) in [5.74, 6) is -0.678. The fourth-order valence-electron chi connectivity index (χ4n) is 0.785. The van der Waals surface area contributed by atoms with E-state index in [-0.39, 0.29) is 12.4 Å². The van der Waals surface area contributed by atoms with E-state index in [2.05, 4.69) is 9.72 Å². The van der Waals surface area contributed by atoms with Crippen molar-refractivity contribution in [2.45, 2.75) is 6.10 Å². The van der Waals surface area contributed by atoms with Crippen LogP contribution < -0.4 is 0 Å². The summed E-state index contributed by atoms with van der Waals surface area (Å²) >= 11 is 0. The monoisotopic (exact) mass is 203 g/mol. The predicted octanol–water partition coefficient (Wildman–Crippen LogP) is 0.710. The Morgan fingerprint density at radius 2 is 2.38 bits per heavy atom. The molecule has 1 aromatic rings. The van der Waals surface area contributed by atoms with Crippen LogP contribution in [-0.2, 0) is 9.53 Å². The van der Waals surface area contributed by atoms with Crippen molar-refractivity contribution >= 4 is 18.4 Å². The third kappa shape index (κ3) is 3.01. The van der Waals surface area contributed by atoms with Gasteiger partial charge in [-0.2, -0.15) is 0 Å². The number of aliphatic hydroxyl groups excluding tert-OH is 1. The van der Waals surface area contributed by atoms with Crippen LogP contribution in [0.25, 0.3) is 0 Å². The molecule has 5 heteroatoms. The molecule has 0 aliphatic heterocycles. The number of nitrogens with zero attached hydrogens (tertiary/aromatic N) is 1. The van der Waals surface area contributed by atoms with E-state index in [0.717, 1.165) is 0 Å². The maximum atomic E-state index is 10.8. The highest BCUT2D eigenvalue weighted by Gasteiger charge is 2.16. The SMILES string of the molecule is COC(=O)[C@@H](O)c1cccnc1.Cl. The van der Waals surface area contributed by atoms with Crippen molar-refractivity contribution in [3.8, 4) is 0 Å². The van der Waals surface area contributed by atoms with Gasteiger partial charge in [0.2, 0.25) is 0 Å². The molecular weight excluding hydrogens is 194 g/mol. The Hall–Kier alpha value is -1.13. The molecule has 0 aliphatic carbocycles. The Bertz CT molecular complexity index is 265. The average Bonchev–Trinajstić information content (AvgIpc) is 2.17. The molecule has 1 N–H and O–H groups in total. The van der Waals surface area contributed by atoms with Gasteiger partial charge in [-0.1, -0.05) is 6.07 Å². The predicted molar refractivity (Wildman–Crippen MR) is 48.5 cm³/mol. The lowest BCUT2D eigenvalue weighted by atomic mass is 10.2. The number of rotatable bonds is 2. The highest BCUT2D eigenvalue weighted by atomic mass is 35.5. The number of methoxy groups -OCH3 is 1. The van der Waals surface area contributed by atoms with Gasteiger partial charge in [-0.05, 0) is 6.07 Å². The van der Waals surface area contributed by atoms with Crippen molar-refractivity contribution in [1.82, 2.24) is 4.98 Å². The molecule has 0 bridgehead atoms. The highest BCUT2D eigenvalue weighted by molar-refractivity contribution is 5.85. The first-order valence-corrected chi connectivity index (χ1v) is 3.41. The quantitative estimate of drug-likeness (QED) is 0.720. The van der Waals surface area contributed by atoms with Crippen molar-refractivity contribution in [2.24, 2.45) is 0 Å². The second kappa shape index (κ2) is 5.50. The summed E-state index contributed by atoms with van der Waals surface area (Å²) in [7, 11) is 1.22. The van der Waals surface area contributed by atoms with Crippen LogP contribution in [-0.4, -0.2) is 23.2 Å². The molecule has 0 unspecified atom stereocenters. The van der Waals surface area contributed by atoms with Crippen molar-refractivity contribution in [3.63, 3.8) is 0 Å². The Labute approximate surface area is 82.0 Å². The second-order valence-electron chi connectivity index (χ2n) is 2.21. The molecule has 0 fully saturated rings. The van der Waals surface area contributed by atoms with Crippen molar-refractivity contribution in [3.05, 3.63) is 30.1 Å². The van der Waals surface area contributed by atoms with Gasteiger partial charge >= 0.3 is 5.97 Å². The molecule has 0 spiro atoms. The normalized spacial score (nSPS) is 11.2. The Kier molecular flexibility index (Phi) is 5.03. The van der Waals surface area contributed by atoms with E-state index >= 15 is 0 Å². The summed E-state index contributed by atoms with van der Waals surface area (Å²) in [6.07, 6.45) is 1.75. The van der Waals surface area contributed by atoms with Gasteiger partial charge in [-0.15, -0.1) is 12.4 Å². The Balaban J connectivity index is 0.00000144. The zero-order valence-corrected chi connectivity index (χ0v) is 7.82. The summed E-state index contributed by atoms with van der Waals surface area (Å²) in [5, 5.41) is 9.27.